The van der Waals surface area contributed by atoms with Gasteiger partial charge in [0.25, 0.3) is 11.8 Å². The van der Waals surface area contributed by atoms with E-state index in [1.165, 1.54) is 0 Å². The van der Waals surface area contributed by atoms with Crippen LogP contribution in [0, 0.1) is 5.92 Å². The molecule has 1 aliphatic carbocycles. The summed E-state index contributed by atoms with van der Waals surface area (Å²) >= 11 is 0. The summed E-state index contributed by atoms with van der Waals surface area (Å²) in [7, 11) is 0. The Labute approximate surface area is 138 Å². The lowest BCUT2D eigenvalue weighted by atomic mass is 9.73. The second kappa shape index (κ2) is 6.85. The van der Waals surface area contributed by atoms with Crippen LogP contribution in [-0.4, -0.2) is 53.4 Å². The molecule has 24 heavy (non-hydrogen) atoms. The number of nitrogens with two attached hydrogens (primary N) is 1. The Hall–Kier alpha value is -2.65. The Bertz CT molecular complexity index is 592. The fourth-order valence-electron chi connectivity index (χ4n) is 3.13. The Morgan fingerprint density at radius 3 is 2.71 bits per heavy atom. The molecule has 1 spiro atoms. The van der Waals surface area contributed by atoms with E-state index in [0.717, 1.165) is 24.2 Å². The van der Waals surface area contributed by atoms with Gasteiger partial charge in [0, 0.05) is 0 Å². The molecular formula is C14H20N4O6. The Morgan fingerprint density at radius 2 is 2.08 bits per heavy atom. The van der Waals surface area contributed by atoms with Gasteiger partial charge in [-0.2, -0.15) is 0 Å². The number of rotatable bonds is 4. The lowest BCUT2D eigenvalue weighted by Gasteiger charge is -2.36. The van der Waals surface area contributed by atoms with Gasteiger partial charge in [-0.3, -0.25) is 24.6 Å². The third-order valence-electron chi connectivity index (χ3n) is 4.42. The minimum atomic E-state index is -1.07. The van der Waals surface area contributed by atoms with Crippen molar-refractivity contribution in [3.63, 3.8) is 0 Å². The third-order valence-corrected chi connectivity index (χ3v) is 4.42. The molecular weight excluding hydrogens is 320 g/mol. The largest absolute Gasteiger partial charge is 0.454 e. The molecule has 10 heteroatoms. The molecule has 2 fully saturated rings. The number of carbonyl (C=O) groups is 5. The molecule has 0 aromatic heterocycles. The van der Waals surface area contributed by atoms with Gasteiger partial charge in [0.05, 0.1) is 0 Å². The number of ether oxygens (including phenoxy) is 1. The first-order chi connectivity index (χ1) is 11.3. The highest BCUT2D eigenvalue weighted by atomic mass is 16.5. The summed E-state index contributed by atoms with van der Waals surface area (Å²) in [5.41, 5.74) is 3.78. The van der Waals surface area contributed by atoms with Crippen LogP contribution in [-0.2, 0) is 19.1 Å². The molecule has 0 aromatic carbocycles. The van der Waals surface area contributed by atoms with E-state index in [0.29, 0.717) is 6.42 Å². The first kappa shape index (κ1) is 17.7. The first-order valence-corrected chi connectivity index (χ1v) is 7.65. The van der Waals surface area contributed by atoms with Crippen LogP contribution in [0.5, 0.6) is 0 Å². The van der Waals surface area contributed by atoms with Gasteiger partial charge < -0.3 is 15.8 Å². The normalized spacial score (nSPS) is 26.2. The minimum Gasteiger partial charge on any atom is -0.454 e. The molecule has 1 saturated carbocycles. The molecule has 1 heterocycles. The van der Waals surface area contributed by atoms with Crippen molar-refractivity contribution in [1.29, 1.82) is 0 Å². The van der Waals surface area contributed by atoms with Crippen LogP contribution in [0.1, 0.15) is 32.6 Å². The van der Waals surface area contributed by atoms with Gasteiger partial charge in [-0.25, -0.2) is 9.59 Å². The van der Waals surface area contributed by atoms with Crippen LogP contribution in [0.25, 0.3) is 0 Å². The number of hydrogen-bond donors (Lipinski definition) is 3. The van der Waals surface area contributed by atoms with Gasteiger partial charge >= 0.3 is 18.0 Å². The summed E-state index contributed by atoms with van der Waals surface area (Å²) in [5.74, 6) is -2.30. The summed E-state index contributed by atoms with van der Waals surface area (Å²) in [6.07, 6.45) is 3.16. The standard InChI is InChI=1S/C14H20N4O6/c1-8-4-2-3-5-14(8)11(21)18(13(23)17-14)6-10(20)24-7-9(19)16-12(15)22/h8H,2-7H2,1H3,(H,17,23)(H3,15,16,19,22)/t8-,14+/m1/s1. The van der Waals surface area contributed by atoms with Crippen LogP contribution >= 0.6 is 0 Å². The van der Waals surface area contributed by atoms with E-state index in [1.807, 2.05) is 6.92 Å². The van der Waals surface area contributed by atoms with Crippen LogP contribution in [0.4, 0.5) is 9.59 Å². The maximum atomic E-state index is 12.6. The average molecular weight is 340 g/mol. The zero-order valence-electron chi connectivity index (χ0n) is 13.3. The van der Waals surface area contributed by atoms with Gasteiger partial charge in [0.1, 0.15) is 12.1 Å². The summed E-state index contributed by atoms with van der Waals surface area (Å²) in [6.45, 7) is 0.573. The second-order valence-corrected chi connectivity index (χ2v) is 6.01. The zero-order chi connectivity index (χ0) is 17.9. The fourth-order valence-corrected chi connectivity index (χ4v) is 3.13. The average Bonchev–Trinajstić information content (AvgIpc) is 2.73. The van der Waals surface area contributed by atoms with Gasteiger partial charge in [0.15, 0.2) is 6.61 Å². The molecule has 0 bridgehead atoms. The molecule has 2 atom stereocenters. The summed E-state index contributed by atoms with van der Waals surface area (Å²) in [4.78, 5) is 58.9. The van der Waals surface area contributed by atoms with Crippen molar-refractivity contribution in [1.82, 2.24) is 15.5 Å². The topological polar surface area (TPSA) is 148 Å². The summed E-state index contributed by atoms with van der Waals surface area (Å²) in [5, 5.41) is 4.43. The molecule has 1 saturated heterocycles. The quantitative estimate of drug-likeness (QED) is 0.452. The molecule has 132 valence electrons. The molecule has 2 rings (SSSR count). The first-order valence-electron chi connectivity index (χ1n) is 7.65. The number of nitrogens with one attached hydrogen (secondary N) is 2. The maximum Gasteiger partial charge on any atom is 0.326 e. The highest BCUT2D eigenvalue weighted by molar-refractivity contribution is 6.09. The van der Waals surface area contributed by atoms with E-state index in [-0.39, 0.29) is 5.92 Å². The molecule has 0 radical (unpaired) electrons. The minimum absolute atomic E-state index is 0.0231. The Kier molecular flexibility index (Phi) is 5.05. The third kappa shape index (κ3) is 3.47. The van der Waals surface area contributed by atoms with Gasteiger partial charge in [-0.1, -0.05) is 19.8 Å². The van der Waals surface area contributed by atoms with Gasteiger partial charge in [-0.05, 0) is 18.8 Å². The lowest BCUT2D eigenvalue weighted by Crippen LogP contribution is -2.54. The maximum absolute atomic E-state index is 12.6. The number of carbonyl (C=O) groups excluding carboxylic acids is 5. The molecule has 0 aromatic rings. The van der Waals surface area contributed by atoms with E-state index in [9.17, 15) is 24.0 Å². The highest BCUT2D eigenvalue weighted by Gasteiger charge is 2.55. The zero-order valence-corrected chi connectivity index (χ0v) is 13.3. The smallest absolute Gasteiger partial charge is 0.326 e. The van der Waals surface area contributed by atoms with Crippen molar-refractivity contribution in [3.8, 4) is 0 Å². The van der Waals surface area contributed by atoms with E-state index in [4.69, 9.17) is 5.73 Å². The number of urea groups is 2. The van der Waals surface area contributed by atoms with Crippen molar-refractivity contribution in [2.45, 2.75) is 38.1 Å². The Balaban J connectivity index is 1.94. The number of hydrogen-bond acceptors (Lipinski definition) is 6. The summed E-state index contributed by atoms with van der Waals surface area (Å²) in [6, 6.07) is -1.72. The van der Waals surface area contributed by atoms with E-state index in [2.05, 4.69) is 10.1 Å². The van der Waals surface area contributed by atoms with Crippen LogP contribution in [0.2, 0.25) is 0 Å². The van der Waals surface area contributed by atoms with Crippen LogP contribution in [0.15, 0.2) is 0 Å². The molecule has 4 N–H and O–H groups in total. The van der Waals surface area contributed by atoms with Crippen LogP contribution in [0.3, 0.4) is 0 Å². The van der Waals surface area contributed by atoms with Crippen molar-refractivity contribution in [3.05, 3.63) is 0 Å². The number of primary amides is 1. The molecule has 2 aliphatic rings. The van der Waals surface area contributed by atoms with Gasteiger partial charge in [0.2, 0.25) is 0 Å². The molecule has 1 aliphatic heterocycles. The molecule has 0 unspecified atom stereocenters. The van der Waals surface area contributed by atoms with Crippen molar-refractivity contribution in [2.24, 2.45) is 11.7 Å². The highest BCUT2D eigenvalue weighted by Crippen LogP contribution is 2.38. The van der Waals surface area contributed by atoms with Crippen molar-refractivity contribution >= 4 is 29.8 Å². The predicted molar refractivity (Wildman–Crippen MR) is 79.3 cm³/mol. The molecule has 6 amide bonds. The number of nitrogens with zero attached hydrogens (tertiary/aromatic N) is 1. The van der Waals surface area contributed by atoms with Crippen molar-refractivity contribution < 1.29 is 28.7 Å². The number of esters is 1. The number of amides is 6. The van der Waals surface area contributed by atoms with Crippen LogP contribution < -0.4 is 16.4 Å². The molecule has 10 nitrogen and oxygen atoms in total. The predicted octanol–water partition coefficient (Wildman–Crippen LogP) is -0.775. The summed E-state index contributed by atoms with van der Waals surface area (Å²) < 4.78 is 4.63. The second-order valence-electron chi connectivity index (χ2n) is 6.01. The monoisotopic (exact) mass is 340 g/mol. The SMILES string of the molecule is C[C@@H]1CCCC[C@]12NC(=O)N(CC(=O)OCC(=O)NC(N)=O)C2=O. The van der Waals surface area contributed by atoms with Gasteiger partial charge in [-0.15, -0.1) is 0 Å². The van der Waals surface area contributed by atoms with E-state index < -0.39 is 48.5 Å². The number of imide groups is 2. The van der Waals surface area contributed by atoms with Crippen molar-refractivity contribution in [2.75, 3.05) is 13.2 Å². The van der Waals surface area contributed by atoms with E-state index >= 15 is 0 Å². The van der Waals surface area contributed by atoms with E-state index in [1.54, 1.807) is 5.32 Å². The lowest BCUT2D eigenvalue weighted by molar-refractivity contribution is -0.151. The fraction of sp³-hybridized carbons (Fsp3) is 0.643. The Morgan fingerprint density at radius 1 is 1.38 bits per heavy atom.